The molecule has 1 amide bonds. The molecule has 0 aromatic carbocycles. The summed E-state index contributed by atoms with van der Waals surface area (Å²) in [5.41, 5.74) is -0.321. The first-order chi connectivity index (χ1) is 8.43. The largest absolute Gasteiger partial charge is 0.396 e. The Kier molecular flexibility index (Phi) is 9.08. The third kappa shape index (κ3) is 7.70. The first-order valence-electron chi connectivity index (χ1n) is 7.33. The van der Waals surface area contributed by atoms with Crippen molar-refractivity contribution in [1.82, 2.24) is 4.90 Å². The molecule has 0 spiro atoms. The van der Waals surface area contributed by atoms with E-state index >= 15 is 0 Å². The van der Waals surface area contributed by atoms with E-state index in [0.29, 0.717) is 13.0 Å². The molecule has 0 aliphatic heterocycles. The second-order valence-corrected chi connectivity index (χ2v) is 6.03. The van der Waals surface area contributed by atoms with Crippen LogP contribution in [0.5, 0.6) is 0 Å². The molecular weight excluding hydrogens is 226 g/mol. The summed E-state index contributed by atoms with van der Waals surface area (Å²) >= 11 is 0. The van der Waals surface area contributed by atoms with Crippen molar-refractivity contribution < 1.29 is 9.90 Å². The van der Waals surface area contributed by atoms with Crippen molar-refractivity contribution in [2.75, 3.05) is 19.7 Å². The summed E-state index contributed by atoms with van der Waals surface area (Å²) in [6, 6.07) is 0. The molecule has 0 bridgehead atoms. The van der Waals surface area contributed by atoms with Gasteiger partial charge in [-0.1, -0.05) is 53.4 Å². The van der Waals surface area contributed by atoms with E-state index in [-0.39, 0.29) is 17.9 Å². The molecule has 0 heterocycles. The minimum atomic E-state index is -0.321. The predicted octanol–water partition coefficient (Wildman–Crippen LogP) is 3.21. The zero-order valence-electron chi connectivity index (χ0n) is 12.7. The maximum Gasteiger partial charge on any atom is 0.227 e. The van der Waals surface area contributed by atoms with E-state index in [4.69, 9.17) is 5.11 Å². The summed E-state index contributed by atoms with van der Waals surface area (Å²) in [5, 5.41) is 8.90. The SMILES string of the molecule is CCCCCCCN(CCCO)C(=O)C(C)(C)C. The molecule has 0 aromatic heterocycles. The molecule has 18 heavy (non-hydrogen) atoms. The Bertz CT molecular complexity index is 221. The fraction of sp³-hybridized carbons (Fsp3) is 0.933. The Morgan fingerprint density at radius 2 is 1.56 bits per heavy atom. The van der Waals surface area contributed by atoms with Crippen LogP contribution in [0, 0.1) is 5.41 Å². The molecule has 0 rings (SSSR count). The van der Waals surface area contributed by atoms with Gasteiger partial charge in [-0.25, -0.2) is 0 Å². The minimum absolute atomic E-state index is 0.157. The molecule has 0 unspecified atom stereocenters. The Morgan fingerprint density at radius 3 is 2.06 bits per heavy atom. The van der Waals surface area contributed by atoms with Gasteiger partial charge in [0.05, 0.1) is 0 Å². The van der Waals surface area contributed by atoms with Crippen LogP contribution >= 0.6 is 0 Å². The zero-order valence-corrected chi connectivity index (χ0v) is 12.7. The van der Waals surface area contributed by atoms with Gasteiger partial charge in [-0.3, -0.25) is 4.79 Å². The standard InChI is InChI=1S/C15H31NO2/c1-5-6-7-8-9-11-16(12-10-13-17)14(18)15(2,3)4/h17H,5-13H2,1-4H3. The van der Waals surface area contributed by atoms with E-state index in [0.717, 1.165) is 13.0 Å². The Labute approximate surface area is 113 Å². The number of nitrogens with zero attached hydrogens (tertiary/aromatic N) is 1. The molecule has 0 aliphatic carbocycles. The van der Waals surface area contributed by atoms with Gasteiger partial charge in [0.25, 0.3) is 0 Å². The monoisotopic (exact) mass is 257 g/mol. The average Bonchev–Trinajstić information content (AvgIpc) is 2.30. The van der Waals surface area contributed by atoms with Crippen LogP contribution in [0.1, 0.15) is 66.2 Å². The molecule has 1 N–H and O–H groups in total. The topological polar surface area (TPSA) is 40.5 Å². The number of amides is 1. The number of aliphatic hydroxyl groups is 1. The average molecular weight is 257 g/mol. The number of carbonyl (C=O) groups excluding carboxylic acids is 1. The van der Waals surface area contributed by atoms with Crippen molar-refractivity contribution in [2.24, 2.45) is 5.41 Å². The van der Waals surface area contributed by atoms with Crippen molar-refractivity contribution >= 4 is 5.91 Å². The van der Waals surface area contributed by atoms with Gasteiger partial charge < -0.3 is 10.0 Å². The molecule has 0 atom stereocenters. The maximum atomic E-state index is 12.2. The number of hydrogen-bond acceptors (Lipinski definition) is 2. The minimum Gasteiger partial charge on any atom is -0.396 e. The van der Waals surface area contributed by atoms with Crippen molar-refractivity contribution in [3.05, 3.63) is 0 Å². The highest BCUT2D eigenvalue weighted by Crippen LogP contribution is 2.18. The maximum absolute atomic E-state index is 12.2. The van der Waals surface area contributed by atoms with Crippen molar-refractivity contribution in [3.63, 3.8) is 0 Å². The van der Waals surface area contributed by atoms with Crippen LogP contribution in [0.25, 0.3) is 0 Å². The summed E-state index contributed by atoms with van der Waals surface area (Å²) in [5.74, 6) is 0.200. The highest BCUT2D eigenvalue weighted by Gasteiger charge is 2.26. The van der Waals surface area contributed by atoms with Gasteiger partial charge in [0.1, 0.15) is 0 Å². The molecule has 0 aliphatic rings. The van der Waals surface area contributed by atoms with E-state index in [1.165, 1.54) is 25.7 Å². The van der Waals surface area contributed by atoms with Gasteiger partial charge in [-0.15, -0.1) is 0 Å². The first-order valence-corrected chi connectivity index (χ1v) is 7.33. The van der Waals surface area contributed by atoms with Crippen LogP contribution in [-0.2, 0) is 4.79 Å². The highest BCUT2D eigenvalue weighted by atomic mass is 16.3. The number of hydrogen-bond donors (Lipinski definition) is 1. The normalized spacial score (nSPS) is 11.6. The molecule has 3 nitrogen and oxygen atoms in total. The van der Waals surface area contributed by atoms with E-state index < -0.39 is 0 Å². The van der Waals surface area contributed by atoms with Gasteiger partial charge in [-0.2, -0.15) is 0 Å². The molecule has 0 saturated carbocycles. The number of unbranched alkanes of at least 4 members (excludes halogenated alkanes) is 4. The van der Waals surface area contributed by atoms with Crippen molar-refractivity contribution in [2.45, 2.75) is 66.2 Å². The van der Waals surface area contributed by atoms with Gasteiger partial charge in [0, 0.05) is 25.1 Å². The summed E-state index contributed by atoms with van der Waals surface area (Å²) in [4.78, 5) is 14.2. The molecule has 0 aromatic rings. The number of rotatable bonds is 9. The predicted molar refractivity (Wildman–Crippen MR) is 76.5 cm³/mol. The van der Waals surface area contributed by atoms with Gasteiger partial charge in [0.15, 0.2) is 0 Å². The van der Waals surface area contributed by atoms with Crippen molar-refractivity contribution in [1.29, 1.82) is 0 Å². The Hall–Kier alpha value is -0.570. The number of aliphatic hydroxyl groups excluding tert-OH is 1. The highest BCUT2D eigenvalue weighted by molar-refractivity contribution is 5.81. The van der Waals surface area contributed by atoms with Crippen LogP contribution in [0.15, 0.2) is 0 Å². The van der Waals surface area contributed by atoms with Crippen LogP contribution in [-0.4, -0.2) is 35.6 Å². The lowest BCUT2D eigenvalue weighted by Gasteiger charge is -2.29. The number of carbonyl (C=O) groups is 1. The Morgan fingerprint density at radius 1 is 1.00 bits per heavy atom. The summed E-state index contributed by atoms with van der Waals surface area (Å²) in [7, 11) is 0. The molecule has 108 valence electrons. The third-order valence-electron chi connectivity index (χ3n) is 3.05. The fourth-order valence-electron chi connectivity index (χ4n) is 1.96. The molecule has 0 radical (unpaired) electrons. The summed E-state index contributed by atoms with van der Waals surface area (Å²) in [6.07, 6.45) is 6.73. The van der Waals surface area contributed by atoms with E-state index in [1.54, 1.807) is 0 Å². The smallest absolute Gasteiger partial charge is 0.227 e. The van der Waals surface area contributed by atoms with E-state index in [9.17, 15) is 4.79 Å². The van der Waals surface area contributed by atoms with Gasteiger partial charge in [0.2, 0.25) is 5.91 Å². The van der Waals surface area contributed by atoms with E-state index in [2.05, 4.69) is 6.92 Å². The molecule has 0 saturated heterocycles. The molecular formula is C15H31NO2. The quantitative estimate of drug-likeness (QED) is 0.644. The Balaban J connectivity index is 4.11. The molecule has 3 heteroatoms. The lowest BCUT2D eigenvalue weighted by Crippen LogP contribution is -2.40. The zero-order chi connectivity index (χ0) is 14.0. The summed E-state index contributed by atoms with van der Waals surface area (Å²) < 4.78 is 0. The lowest BCUT2D eigenvalue weighted by atomic mass is 9.94. The fourth-order valence-corrected chi connectivity index (χ4v) is 1.96. The third-order valence-corrected chi connectivity index (χ3v) is 3.05. The van der Waals surface area contributed by atoms with Gasteiger partial charge >= 0.3 is 0 Å². The van der Waals surface area contributed by atoms with Crippen LogP contribution in [0.2, 0.25) is 0 Å². The summed E-state index contributed by atoms with van der Waals surface area (Å²) in [6.45, 7) is 9.75. The van der Waals surface area contributed by atoms with Crippen LogP contribution in [0.4, 0.5) is 0 Å². The second-order valence-electron chi connectivity index (χ2n) is 6.03. The van der Waals surface area contributed by atoms with Crippen molar-refractivity contribution in [3.8, 4) is 0 Å². The van der Waals surface area contributed by atoms with Crippen LogP contribution < -0.4 is 0 Å². The molecule has 0 fully saturated rings. The first kappa shape index (κ1) is 17.4. The van der Waals surface area contributed by atoms with Gasteiger partial charge in [-0.05, 0) is 12.8 Å². The second kappa shape index (κ2) is 9.37. The van der Waals surface area contributed by atoms with E-state index in [1.807, 2.05) is 25.7 Å². The van der Waals surface area contributed by atoms with Crippen LogP contribution in [0.3, 0.4) is 0 Å². The lowest BCUT2D eigenvalue weighted by molar-refractivity contribution is -0.139.